The van der Waals surface area contributed by atoms with Crippen LogP contribution in [0.1, 0.15) is 12.8 Å². The first-order valence-electron chi connectivity index (χ1n) is 3.66. The van der Waals surface area contributed by atoms with E-state index < -0.39 is 0 Å². The Bertz CT molecular complexity index is 352. The molecule has 0 spiro atoms. The maximum absolute atomic E-state index is 4.19. The van der Waals surface area contributed by atoms with Crippen molar-refractivity contribution in [1.29, 1.82) is 0 Å². The molecule has 3 rings (SSSR count). The highest BCUT2D eigenvalue weighted by Crippen LogP contribution is 2.97. The lowest BCUT2D eigenvalue weighted by Crippen LogP contribution is -1.78. The second kappa shape index (κ2) is 1.64. The van der Waals surface area contributed by atoms with E-state index in [1.54, 1.807) is 7.87 Å². The Morgan fingerprint density at radius 1 is 1.60 bits per heavy atom. The van der Waals surface area contributed by atoms with E-state index in [1.807, 2.05) is 0 Å². The number of rotatable bonds is 2. The second-order valence-corrected chi connectivity index (χ2v) is 13.3. The molecule has 0 amide bonds. The average molecular weight is 186 g/mol. The normalized spacial score (nSPS) is 50.4. The second-order valence-electron chi connectivity index (χ2n) is 3.17. The molecule has 0 aromatic rings. The molecule has 0 saturated heterocycles. The molecule has 3 aliphatic rings. The van der Waals surface area contributed by atoms with Crippen LogP contribution in [0.25, 0.3) is 0 Å². The fourth-order valence-corrected chi connectivity index (χ4v) is 14.4. The number of hydrogen-bond donors (Lipinski definition) is 0. The van der Waals surface area contributed by atoms with Gasteiger partial charge in [0.05, 0.1) is 0 Å². The Morgan fingerprint density at radius 3 is 2.70 bits per heavy atom. The van der Waals surface area contributed by atoms with Crippen molar-refractivity contribution in [2.75, 3.05) is 0 Å². The Morgan fingerprint density at radius 2 is 2.30 bits per heavy atom. The molecule has 3 heteroatoms. The van der Waals surface area contributed by atoms with Gasteiger partial charge in [0.25, 0.3) is 0 Å². The van der Waals surface area contributed by atoms with Gasteiger partial charge in [-0.1, -0.05) is 25.3 Å². The molecule has 3 atom stereocenters. The zero-order valence-corrected chi connectivity index (χ0v) is 8.38. The smallest absolute Gasteiger partial charge is 0.0828 e. The van der Waals surface area contributed by atoms with E-state index in [9.17, 15) is 0 Å². The molecular formula is C7H9P3. The zero-order chi connectivity index (χ0) is 6.77. The minimum Gasteiger partial charge on any atom is -0.0828 e. The highest BCUT2D eigenvalue weighted by molar-refractivity contribution is 8.49. The van der Waals surface area contributed by atoms with Crippen LogP contribution in [-0.2, 0) is 0 Å². The lowest BCUT2D eigenvalue weighted by molar-refractivity contribution is 1.11. The maximum atomic E-state index is 4.19. The van der Waals surface area contributed by atoms with Gasteiger partial charge in [0.15, 0.2) is 0 Å². The molecule has 0 radical (unpaired) electrons. The van der Waals surface area contributed by atoms with E-state index in [0.29, 0.717) is 13.3 Å². The van der Waals surface area contributed by atoms with Gasteiger partial charge in [-0.2, -0.15) is 0 Å². The van der Waals surface area contributed by atoms with Crippen molar-refractivity contribution >= 4 is 27.5 Å². The van der Waals surface area contributed by atoms with Crippen LogP contribution in [0.4, 0.5) is 0 Å². The Hall–Kier alpha value is 0.510. The standard InChI is InChI=1S/C7H9P3/c1-9-7(8-10(7)9)5-4-6-2-3-6/h4-6H,1-3H2/b5-4-. The van der Waals surface area contributed by atoms with Crippen LogP contribution >= 0.6 is 21.2 Å². The summed E-state index contributed by atoms with van der Waals surface area (Å²) >= 11 is 0. The molecule has 0 aromatic carbocycles. The van der Waals surface area contributed by atoms with Gasteiger partial charge in [0, 0.05) is 0 Å². The Balaban J connectivity index is 1.79. The first-order chi connectivity index (χ1) is 4.83. The molecule has 0 nitrogen and oxygen atoms in total. The fourth-order valence-electron chi connectivity index (χ4n) is 1.18. The third-order valence-corrected chi connectivity index (χ3v) is 16.7. The largest absolute Gasteiger partial charge is 0.120 e. The molecule has 1 aliphatic carbocycles. The summed E-state index contributed by atoms with van der Waals surface area (Å²) in [5, 5.41) is 0. The predicted molar refractivity (Wildman–Crippen MR) is 52.5 cm³/mol. The van der Waals surface area contributed by atoms with Crippen molar-refractivity contribution in [2.45, 2.75) is 17.5 Å². The molecule has 3 unspecified atom stereocenters. The molecular weight excluding hydrogens is 177 g/mol. The number of allylic oxidation sites excluding steroid dienone is 2. The molecule has 0 aromatic heterocycles. The maximum Gasteiger partial charge on any atom is 0.120 e. The zero-order valence-electron chi connectivity index (χ0n) is 5.70. The predicted octanol–water partition coefficient (Wildman–Crippen LogP) is 3.81. The van der Waals surface area contributed by atoms with Crippen molar-refractivity contribution in [1.82, 2.24) is 0 Å². The molecule has 10 heavy (non-hydrogen) atoms. The highest BCUT2D eigenvalue weighted by atomic mass is 32.1. The summed E-state index contributed by atoms with van der Waals surface area (Å²) in [7, 11) is 1.76. The van der Waals surface area contributed by atoms with Gasteiger partial charge in [-0.15, -0.1) is 0 Å². The summed E-state index contributed by atoms with van der Waals surface area (Å²) in [6.45, 7) is 0.781. The van der Waals surface area contributed by atoms with Crippen LogP contribution in [0, 0.1) is 5.92 Å². The summed E-state index contributed by atoms with van der Waals surface area (Å²) in [5.74, 6) is 0.978. The molecule has 52 valence electrons. The van der Waals surface area contributed by atoms with Crippen molar-refractivity contribution in [3.05, 3.63) is 12.2 Å². The monoisotopic (exact) mass is 186 g/mol. The lowest BCUT2D eigenvalue weighted by Gasteiger charge is -1.88. The molecule has 1 saturated carbocycles. The van der Waals surface area contributed by atoms with Crippen LogP contribution < -0.4 is 0 Å². The van der Waals surface area contributed by atoms with Crippen molar-refractivity contribution in [3.8, 4) is 0 Å². The van der Waals surface area contributed by atoms with Gasteiger partial charge in [-0.25, -0.2) is 0 Å². The van der Waals surface area contributed by atoms with Gasteiger partial charge < -0.3 is 0 Å². The highest BCUT2D eigenvalue weighted by Gasteiger charge is 2.51. The molecule has 0 N–H and O–H groups in total. The van der Waals surface area contributed by atoms with E-state index in [1.165, 1.54) is 12.8 Å². The van der Waals surface area contributed by atoms with Crippen molar-refractivity contribution in [2.24, 2.45) is 5.92 Å². The topological polar surface area (TPSA) is 0 Å². The number of hydrogen-bond acceptors (Lipinski definition) is 0. The van der Waals surface area contributed by atoms with Gasteiger partial charge in [0.2, 0.25) is 0 Å². The van der Waals surface area contributed by atoms with Crippen LogP contribution in [0.2, 0.25) is 0 Å². The summed E-state index contributed by atoms with van der Waals surface area (Å²) in [6.07, 6.45) is 12.1. The van der Waals surface area contributed by atoms with E-state index in [0.717, 1.165) is 10.6 Å². The van der Waals surface area contributed by atoms with Gasteiger partial charge in [-0.3, -0.25) is 0 Å². The van der Waals surface area contributed by atoms with E-state index in [4.69, 9.17) is 0 Å². The first-order valence-corrected chi connectivity index (χ1v) is 8.83. The SMILES string of the molecule is C=P1=P2=PC12/C=C\C1CC1. The fraction of sp³-hybridized carbons (Fsp3) is 0.571. The molecule has 0 bridgehead atoms. The van der Waals surface area contributed by atoms with Gasteiger partial charge >= 0.3 is 0 Å². The summed E-state index contributed by atoms with van der Waals surface area (Å²) in [4.78, 5) is 0. The van der Waals surface area contributed by atoms with Crippen molar-refractivity contribution < 1.29 is 0 Å². The number of fused-ring (bicyclic) bond motifs is 1. The summed E-state index contributed by atoms with van der Waals surface area (Å²) < 4.78 is 0.757. The minimum absolute atomic E-state index is 0.294. The minimum atomic E-state index is 0.294. The van der Waals surface area contributed by atoms with Crippen LogP contribution in [0.15, 0.2) is 12.2 Å². The summed E-state index contributed by atoms with van der Waals surface area (Å²) in [6, 6.07) is 0. The average Bonchev–Trinajstić information content (AvgIpc) is 2.77. The van der Waals surface area contributed by atoms with E-state index in [-0.39, 0.29) is 0 Å². The third-order valence-electron chi connectivity index (χ3n) is 2.28. The van der Waals surface area contributed by atoms with E-state index >= 15 is 0 Å². The van der Waals surface area contributed by atoms with Crippen molar-refractivity contribution in [3.63, 3.8) is 0 Å². The first kappa shape index (κ1) is 6.07. The van der Waals surface area contributed by atoms with Crippen LogP contribution in [0.3, 0.4) is 0 Å². The lowest BCUT2D eigenvalue weighted by atomic mass is 10.4. The molecule has 2 heterocycles. The molecule has 2 aliphatic heterocycles. The molecule has 1 fully saturated rings. The van der Waals surface area contributed by atoms with Crippen LogP contribution in [0.5, 0.6) is 0 Å². The summed E-state index contributed by atoms with van der Waals surface area (Å²) in [5.41, 5.74) is 0. The Kier molecular flexibility index (Phi) is 0.994. The van der Waals surface area contributed by atoms with Crippen LogP contribution in [-0.4, -0.2) is 10.9 Å². The quantitative estimate of drug-likeness (QED) is 0.454. The third kappa shape index (κ3) is 0.683. The van der Waals surface area contributed by atoms with E-state index in [2.05, 4.69) is 18.5 Å². The Labute approximate surface area is 63.6 Å². The van der Waals surface area contributed by atoms with Gasteiger partial charge in [-0.05, 0) is 33.1 Å². The van der Waals surface area contributed by atoms with Gasteiger partial charge in [0.1, 0.15) is 4.64 Å².